The number of pyridine rings is 1. The Morgan fingerprint density at radius 2 is 2.13 bits per heavy atom. The van der Waals surface area contributed by atoms with Gasteiger partial charge in [-0.2, -0.15) is 0 Å². The molecule has 2 N–H and O–H groups in total. The zero-order chi connectivity index (χ0) is 22.2. The van der Waals surface area contributed by atoms with E-state index in [1.807, 2.05) is 19.1 Å². The highest BCUT2D eigenvalue weighted by molar-refractivity contribution is 7.17. The number of amides is 2. The fourth-order valence-electron chi connectivity index (χ4n) is 3.66. The molecular formula is C22H28N4O4S. The second kappa shape index (κ2) is 11.0. The molecule has 3 rings (SSSR count). The zero-order valence-electron chi connectivity index (χ0n) is 17.7. The number of carboxylic acid groups (broad SMARTS) is 1. The minimum Gasteiger partial charge on any atom is -0.481 e. The van der Waals surface area contributed by atoms with Crippen molar-refractivity contribution in [1.29, 1.82) is 0 Å². The van der Waals surface area contributed by atoms with Gasteiger partial charge in [0.15, 0.2) is 0 Å². The summed E-state index contributed by atoms with van der Waals surface area (Å²) in [5.74, 6) is -1.12. The number of hydrogen-bond donors (Lipinski definition) is 2. The third-order valence-electron chi connectivity index (χ3n) is 5.35. The molecule has 1 atom stereocenters. The summed E-state index contributed by atoms with van der Waals surface area (Å²) in [5, 5.41) is 12.4. The van der Waals surface area contributed by atoms with E-state index < -0.39 is 5.97 Å². The van der Waals surface area contributed by atoms with Crippen LogP contribution in [-0.4, -0.2) is 57.4 Å². The van der Waals surface area contributed by atoms with Crippen LogP contribution in [0.25, 0.3) is 10.6 Å². The number of hydrogen-bond acceptors (Lipinski definition) is 6. The van der Waals surface area contributed by atoms with Gasteiger partial charge in [-0.3, -0.25) is 19.4 Å². The van der Waals surface area contributed by atoms with E-state index in [9.17, 15) is 14.4 Å². The normalized spacial score (nSPS) is 16.2. The molecule has 0 spiro atoms. The lowest BCUT2D eigenvalue weighted by molar-refractivity contribution is -0.137. The summed E-state index contributed by atoms with van der Waals surface area (Å²) in [7, 11) is 0. The Morgan fingerprint density at radius 3 is 2.87 bits per heavy atom. The molecule has 1 fully saturated rings. The summed E-state index contributed by atoms with van der Waals surface area (Å²) in [6.45, 7) is 3.41. The van der Waals surface area contributed by atoms with E-state index in [-0.39, 0.29) is 24.2 Å². The lowest BCUT2D eigenvalue weighted by atomic mass is 9.97. The first kappa shape index (κ1) is 22.9. The number of rotatable bonds is 9. The van der Waals surface area contributed by atoms with Crippen LogP contribution in [0.3, 0.4) is 0 Å². The smallest absolute Gasteiger partial charge is 0.303 e. The molecule has 1 unspecified atom stereocenters. The number of carboxylic acids is 1. The third kappa shape index (κ3) is 6.33. The van der Waals surface area contributed by atoms with E-state index in [0.29, 0.717) is 36.6 Å². The first-order valence-corrected chi connectivity index (χ1v) is 11.4. The first-order valence-electron chi connectivity index (χ1n) is 10.6. The van der Waals surface area contributed by atoms with Crippen LogP contribution in [0.5, 0.6) is 0 Å². The largest absolute Gasteiger partial charge is 0.481 e. The van der Waals surface area contributed by atoms with Gasteiger partial charge in [-0.1, -0.05) is 6.42 Å². The van der Waals surface area contributed by atoms with Crippen molar-refractivity contribution >= 4 is 29.1 Å². The second-order valence-electron chi connectivity index (χ2n) is 7.76. The van der Waals surface area contributed by atoms with Gasteiger partial charge in [0.05, 0.1) is 11.6 Å². The molecule has 3 heterocycles. The molecule has 31 heavy (non-hydrogen) atoms. The van der Waals surface area contributed by atoms with Crippen LogP contribution in [-0.2, 0) is 9.59 Å². The summed E-state index contributed by atoms with van der Waals surface area (Å²) in [4.78, 5) is 47.2. The fourth-order valence-corrected chi connectivity index (χ4v) is 4.69. The van der Waals surface area contributed by atoms with E-state index in [2.05, 4.69) is 15.3 Å². The molecule has 0 aromatic carbocycles. The molecule has 1 aliphatic heterocycles. The molecule has 166 valence electrons. The second-order valence-corrected chi connectivity index (χ2v) is 8.76. The molecule has 2 aromatic heterocycles. The first-order chi connectivity index (χ1) is 15.0. The minimum atomic E-state index is -0.792. The third-order valence-corrected chi connectivity index (χ3v) is 6.54. The Morgan fingerprint density at radius 1 is 1.29 bits per heavy atom. The number of carbonyl (C=O) groups excluding carboxylic acids is 2. The van der Waals surface area contributed by atoms with Crippen molar-refractivity contribution in [2.45, 2.75) is 45.4 Å². The Balaban J connectivity index is 1.53. The van der Waals surface area contributed by atoms with Gasteiger partial charge in [0, 0.05) is 44.0 Å². The summed E-state index contributed by atoms with van der Waals surface area (Å²) in [5.41, 5.74) is 1.58. The number of aliphatic carboxylic acids is 1. The Kier molecular flexibility index (Phi) is 8.11. The highest BCUT2D eigenvalue weighted by atomic mass is 32.1. The van der Waals surface area contributed by atoms with Gasteiger partial charge in [0.1, 0.15) is 9.88 Å². The number of likely N-dealkylation sites (tertiary alicyclic amines) is 1. The summed E-state index contributed by atoms with van der Waals surface area (Å²) >= 11 is 1.36. The van der Waals surface area contributed by atoms with E-state index in [1.54, 1.807) is 17.3 Å². The molecule has 0 aliphatic carbocycles. The van der Waals surface area contributed by atoms with Gasteiger partial charge >= 0.3 is 5.97 Å². The molecule has 0 radical (unpaired) electrons. The topological polar surface area (TPSA) is 112 Å². The van der Waals surface area contributed by atoms with E-state index in [0.717, 1.165) is 36.3 Å². The number of unbranched alkanes of at least 4 members (excludes halogenated alkanes) is 2. The maximum Gasteiger partial charge on any atom is 0.303 e. The summed E-state index contributed by atoms with van der Waals surface area (Å²) < 4.78 is 0. The van der Waals surface area contributed by atoms with Crippen LogP contribution < -0.4 is 5.32 Å². The predicted octanol–water partition coefficient (Wildman–Crippen LogP) is 3.13. The summed E-state index contributed by atoms with van der Waals surface area (Å²) in [6, 6.07) is 3.76. The number of nitrogens with zero attached hydrogens (tertiary/aromatic N) is 3. The Hall–Kier alpha value is -2.81. The lowest BCUT2D eigenvalue weighted by Gasteiger charge is -2.31. The van der Waals surface area contributed by atoms with Crippen LogP contribution in [0.2, 0.25) is 0 Å². The van der Waals surface area contributed by atoms with Gasteiger partial charge in [-0.25, -0.2) is 4.98 Å². The van der Waals surface area contributed by atoms with E-state index in [4.69, 9.17) is 5.11 Å². The lowest BCUT2D eigenvalue weighted by Crippen LogP contribution is -2.45. The minimum absolute atomic E-state index is 0.0344. The van der Waals surface area contributed by atoms with Crippen molar-refractivity contribution in [1.82, 2.24) is 20.2 Å². The molecule has 0 saturated carbocycles. The molecule has 2 amide bonds. The molecule has 9 heteroatoms. The van der Waals surface area contributed by atoms with Gasteiger partial charge in [-0.05, 0) is 44.7 Å². The van der Waals surface area contributed by atoms with Gasteiger partial charge in [-0.15, -0.1) is 11.3 Å². The fraction of sp³-hybridized carbons (Fsp3) is 0.500. The van der Waals surface area contributed by atoms with E-state index in [1.165, 1.54) is 11.3 Å². The van der Waals surface area contributed by atoms with Crippen molar-refractivity contribution in [2.75, 3.05) is 19.6 Å². The molecule has 2 aromatic rings. The van der Waals surface area contributed by atoms with Crippen molar-refractivity contribution in [3.63, 3.8) is 0 Å². The van der Waals surface area contributed by atoms with Crippen molar-refractivity contribution in [3.05, 3.63) is 35.1 Å². The quantitative estimate of drug-likeness (QED) is 0.575. The van der Waals surface area contributed by atoms with Crippen molar-refractivity contribution in [2.24, 2.45) is 5.92 Å². The van der Waals surface area contributed by atoms with Crippen LogP contribution >= 0.6 is 11.3 Å². The van der Waals surface area contributed by atoms with Crippen LogP contribution in [0, 0.1) is 12.8 Å². The number of piperidine rings is 1. The highest BCUT2D eigenvalue weighted by Crippen LogP contribution is 2.29. The van der Waals surface area contributed by atoms with Gasteiger partial charge in [0.2, 0.25) is 5.91 Å². The number of aryl methyl sites for hydroxylation is 1. The Bertz CT molecular complexity index is 915. The average molecular weight is 445 g/mol. The van der Waals surface area contributed by atoms with Gasteiger partial charge in [0.25, 0.3) is 5.91 Å². The maximum atomic E-state index is 13.1. The Labute approximate surface area is 185 Å². The SMILES string of the molecule is Cc1nc(-c2cccnc2)sc1C(=O)N1CCCC(C(=O)NCCCCCC(=O)O)C1. The number of carbonyl (C=O) groups is 3. The summed E-state index contributed by atoms with van der Waals surface area (Å²) in [6.07, 6.45) is 7.28. The van der Waals surface area contributed by atoms with Crippen molar-refractivity contribution < 1.29 is 19.5 Å². The van der Waals surface area contributed by atoms with Crippen molar-refractivity contribution in [3.8, 4) is 10.6 Å². The van der Waals surface area contributed by atoms with Crippen LogP contribution in [0.15, 0.2) is 24.5 Å². The molecule has 1 aliphatic rings. The maximum absolute atomic E-state index is 13.1. The van der Waals surface area contributed by atoms with Crippen LogP contribution in [0.1, 0.15) is 53.9 Å². The monoisotopic (exact) mass is 444 g/mol. The van der Waals surface area contributed by atoms with Crippen LogP contribution in [0.4, 0.5) is 0 Å². The number of nitrogens with one attached hydrogen (secondary N) is 1. The molecule has 0 bridgehead atoms. The number of aromatic nitrogens is 2. The predicted molar refractivity (Wildman–Crippen MR) is 118 cm³/mol. The zero-order valence-corrected chi connectivity index (χ0v) is 18.5. The standard InChI is InChI=1S/C22H28N4O4S/c1-15-19(31-21(25-15)16-7-5-10-23-13-16)22(30)26-12-6-8-17(14-26)20(29)24-11-4-2-3-9-18(27)28/h5,7,10,13,17H,2-4,6,8-9,11-12,14H2,1H3,(H,24,29)(H,27,28). The van der Waals surface area contributed by atoms with Gasteiger partial charge < -0.3 is 15.3 Å². The average Bonchev–Trinajstić information content (AvgIpc) is 3.17. The molecule has 1 saturated heterocycles. The molecular weight excluding hydrogens is 416 g/mol. The highest BCUT2D eigenvalue weighted by Gasteiger charge is 2.30. The van der Waals surface area contributed by atoms with E-state index >= 15 is 0 Å². The molecule has 8 nitrogen and oxygen atoms in total. The number of thiazole rings is 1.